The van der Waals surface area contributed by atoms with E-state index in [2.05, 4.69) is 6.07 Å². The van der Waals surface area contributed by atoms with Gasteiger partial charge < -0.3 is 14.9 Å². The molecule has 1 aromatic carbocycles. The van der Waals surface area contributed by atoms with E-state index in [0.29, 0.717) is 6.54 Å². The molecule has 1 aromatic heterocycles. The second kappa shape index (κ2) is 3.28. The molecule has 3 heteroatoms. The monoisotopic (exact) mass is 203 g/mol. The summed E-state index contributed by atoms with van der Waals surface area (Å²) in [6, 6.07) is 4.07. The zero-order chi connectivity index (χ0) is 10.3. The largest absolute Gasteiger partial charge is 0.493 e. The van der Waals surface area contributed by atoms with Gasteiger partial charge in [0.25, 0.3) is 0 Å². The van der Waals surface area contributed by atoms with Gasteiger partial charge in [-0.25, -0.2) is 0 Å². The van der Waals surface area contributed by atoms with Crippen molar-refractivity contribution in [1.82, 2.24) is 0 Å². The minimum Gasteiger partial charge on any atom is -0.493 e. The van der Waals surface area contributed by atoms with Gasteiger partial charge in [0.1, 0.15) is 11.3 Å². The molecule has 1 aliphatic heterocycles. The molecule has 0 spiro atoms. The van der Waals surface area contributed by atoms with Gasteiger partial charge in [0.05, 0.1) is 12.9 Å². The van der Waals surface area contributed by atoms with Crippen LogP contribution in [0.25, 0.3) is 11.0 Å². The molecule has 0 unspecified atom stereocenters. The number of furan rings is 1. The summed E-state index contributed by atoms with van der Waals surface area (Å²) < 4.78 is 11.1. The third-order valence-corrected chi connectivity index (χ3v) is 2.90. The molecule has 0 saturated heterocycles. The third-order valence-electron chi connectivity index (χ3n) is 2.90. The van der Waals surface area contributed by atoms with Crippen LogP contribution in [-0.4, -0.2) is 13.2 Å². The maximum Gasteiger partial charge on any atom is 0.134 e. The molecule has 2 N–H and O–H groups in total. The highest BCUT2D eigenvalue weighted by Crippen LogP contribution is 2.36. The smallest absolute Gasteiger partial charge is 0.134 e. The Morgan fingerprint density at radius 3 is 3.20 bits per heavy atom. The van der Waals surface area contributed by atoms with Crippen molar-refractivity contribution in [1.29, 1.82) is 0 Å². The fraction of sp³-hybridized carbons (Fsp3) is 0.333. The lowest BCUT2D eigenvalue weighted by atomic mass is 10.0. The first-order valence-electron chi connectivity index (χ1n) is 5.25. The topological polar surface area (TPSA) is 48.4 Å². The van der Waals surface area contributed by atoms with Crippen LogP contribution in [0.5, 0.6) is 5.75 Å². The maximum atomic E-state index is 5.66. The summed E-state index contributed by atoms with van der Waals surface area (Å²) in [6.07, 6.45) is 3.54. The van der Waals surface area contributed by atoms with E-state index in [0.717, 1.165) is 36.2 Å². The van der Waals surface area contributed by atoms with Crippen molar-refractivity contribution in [2.45, 2.75) is 12.8 Å². The van der Waals surface area contributed by atoms with Crippen molar-refractivity contribution in [2.24, 2.45) is 5.73 Å². The van der Waals surface area contributed by atoms with Crippen molar-refractivity contribution in [3.63, 3.8) is 0 Å². The minimum absolute atomic E-state index is 0.639. The van der Waals surface area contributed by atoms with Crippen LogP contribution in [-0.2, 0) is 12.8 Å². The van der Waals surface area contributed by atoms with Gasteiger partial charge in [0, 0.05) is 22.9 Å². The molecule has 15 heavy (non-hydrogen) atoms. The molecule has 0 amide bonds. The molecule has 3 nitrogen and oxygen atoms in total. The molecule has 2 aromatic rings. The van der Waals surface area contributed by atoms with E-state index in [9.17, 15) is 0 Å². The number of benzene rings is 1. The van der Waals surface area contributed by atoms with Gasteiger partial charge in [0.2, 0.25) is 0 Å². The van der Waals surface area contributed by atoms with Gasteiger partial charge in [-0.3, -0.25) is 0 Å². The van der Waals surface area contributed by atoms with Crippen molar-refractivity contribution >= 4 is 11.0 Å². The van der Waals surface area contributed by atoms with Gasteiger partial charge in [-0.2, -0.15) is 0 Å². The Kier molecular flexibility index (Phi) is 1.92. The van der Waals surface area contributed by atoms with Crippen molar-refractivity contribution < 1.29 is 9.15 Å². The Balaban J connectivity index is 2.29. The SMILES string of the molecule is NCCc1c2c(cc3occc13)CCO2. The second-order valence-corrected chi connectivity index (χ2v) is 3.81. The fourth-order valence-electron chi connectivity index (χ4n) is 2.24. The van der Waals surface area contributed by atoms with E-state index in [-0.39, 0.29) is 0 Å². The molecule has 0 atom stereocenters. The van der Waals surface area contributed by atoms with Crippen LogP contribution in [0.3, 0.4) is 0 Å². The number of ether oxygens (including phenoxy) is 1. The lowest BCUT2D eigenvalue weighted by Crippen LogP contribution is -2.04. The van der Waals surface area contributed by atoms with Gasteiger partial charge in [0.15, 0.2) is 0 Å². The molecular formula is C12H13NO2. The van der Waals surface area contributed by atoms with Crippen LogP contribution in [0, 0.1) is 0 Å². The Labute approximate surface area is 87.8 Å². The number of hydrogen-bond acceptors (Lipinski definition) is 3. The summed E-state index contributed by atoms with van der Waals surface area (Å²) >= 11 is 0. The lowest BCUT2D eigenvalue weighted by molar-refractivity contribution is 0.354. The van der Waals surface area contributed by atoms with Gasteiger partial charge in [-0.05, 0) is 25.1 Å². The first kappa shape index (κ1) is 8.80. The van der Waals surface area contributed by atoms with Crippen LogP contribution >= 0.6 is 0 Å². The first-order chi connectivity index (χ1) is 7.40. The molecule has 0 radical (unpaired) electrons. The number of hydrogen-bond donors (Lipinski definition) is 1. The summed E-state index contributed by atoms with van der Waals surface area (Å²) in [5.41, 5.74) is 9.03. The standard InChI is InChI=1S/C12H13NO2/c13-4-1-10-9-3-6-14-11(9)7-8-2-5-15-12(8)10/h3,6-7H,1-2,4-5,13H2. The van der Waals surface area contributed by atoms with E-state index in [1.54, 1.807) is 6.26 Å². The average molecular weight is 203 g/mol. The summed E-state index contributed by atoms with van der Waals surface area (Å²) in [6.45, 7) is 1.42. The molecule has 78 valence electrons. The summed E-state index contributed by atoms with van der Waals surface area (Å²) in [7, 11) is 0. The van der Waals surface area contributed by atoms with Gasteiger partial charge >= 0.3 is 0 Å². The predicted molar refractivity (Wildman–Crippen MR) is 58.2 cm³/mol. The molecule has 0 bridgehead atoms. The molecular weight excluding hydrogens is 190 g/mol. The lowest BCUT2D eigenvalue weighted by Gasteiger charge is -2.07. The summed E-state index contributed by atoms with van der Waals surface area (Å²) in [5.74, 6) is 1.04. The molecule has 0 aliphatic carbocycles. The Hall–Kier alpha value is -1.48. The van der Waals surface area contributed by atoms with Gasteiger partial charge in [-0.15, -0.1) is 0 Å². The van der Waals surface area contributed by atoms with Crippen LogP contribution < -0.4 is 10.5 Å². The van der Waals surface area contributed by atoms with Crippen molar-refractivity contribution in [3.05, 3.63) is 29.5 Å². The van der Waals surface area contributed by atoms with E-state index < -0.39 is 0 Å². The summed E-state index contributed by atoms with van der Waals surface area (Å²) in [5, 5.41) is 1.14. The first-order valence-corrected chi connectivity index (χ1v) is 5.25. The minimum atomic E-state index is 0.639. The molecule has 3 rings (SSSR count). The average Bonchev–Trinajstić information content (AvgIpc) is 2.84. The Bertz CT molecular complexity index is 502. The quantitative estimate of drug-likeness (QED) is 0.810. The predicted octanol–water partition coefficient (Wildman–Crippen LogP) is 1.87. The highest BCUT2D eigenvalue weighted by molar-refractivity contribution is 5.85. The van der Waals surface area contributed by atoms with Gasteiger partial charge in [-0.1, -0.05) is 0 Å². The number of nitrogens with two attached hydrogens (primary N) is 1. The highest BCUT2D eigenvalue weighted by atomic mass is 16.5. The Morgan fingerprint density at radius 1 is 1.40 bits per heavy atom. The molecule has 0 fully saturated rings. The number of fused-ring (bicyclic) bond motifs is 2. The third kappa shape index (κ3) is 1.23. The second-order valence-electron chi connectivity index (χ2n) is 3.81. The van der Waals surface area contributed by atoms with E-state index in [1.807, 2.05) is 6.07 Å². The van der Waals surface area contributed by atoms with E-state index in [1.165, 1.54) is 11.1 Å². The number of rotatable bonds is 2. The zero-order valence-electron chi connectivity index (χ0n) is 8.45. The fourth-order valence-corrected chi connectivity index (χ4v) is 2.24. The zero-order valence-corrected chi connectivity index (χ0v) is 8.45. The van der Waals surface area contributed by atoms with Crippen LogP contribution in [0.1, 0.15) is 11.1 Å². The Morgan fingerprint density at radius 2 is 2.33 bits per heavy atom. The normalized spacial score (nSPS) is 14.2. The van der Waals surface area contributed by atoms with Crippen LogP contribution in [0.15, 0.2) is 22.8 Å². The van der Waals surface area contributed by atoms with Crippen molar-refractivity contribution in [3.8, 4) is 5.75 Å². The van der Waals surface area contributed by atoms with E-state index >= 15 is 0 Å². The molecule has 1 aliphatic rings. The maximum absolute atomic E-state index is 5.66. The van der Waals surface area contributed by atoms with Crippen molar-refractivity contribution in [2.75, 3.05) is 13.2 Å². The molecule has 2 heterocycles. The van der Waals surface area contributed by atoms with Crippen LogP contribution in [0.4, 0.5) is 0 Å². The summed E-state index contributed by atoms with van der Waals surface area (Å²) in [4.78, 5) is 0. The van der Waals surface area contributed by atoms with E-state index in [4.69, 9.17) is 14.9 Å². The highest BCUT2D eigenvalue weighted by Gasteiger charge is 2.20. The molecule has 0 saturated carbocycles. The van der Waals surface area contributed by atoms with Crippen LogP contribution in [0.2, 0.25) is 0 Å².